The monoisotopic (exact) mass is 441 g/mol. The van der Waals surface area contributed by atoms with Crippen LogP contribution in [-0.2, 0) is 10.0 Å². The van der Waals surface area contributed by atoms with Crippen molar-refractivity contribution in [3.05, 3.63) is 69.0 Å². The number of benzene rings is 2. The van der Waals surface area contributed by atoms with Crippen molar-refractivity contribution in [2.45, 2.75) is 23.8 Å². The molecule has 0 atom stereocenters. The van der Waals surface area contributed by atoms with Gasteiger partial charge in [-0.2, -0.15) is 0 Å². The van der Waals surface area contributed by atoms with Gasteiger partial charge < -0.3 is 4.90 Å². The number of amides is 1. The maximum atomic E-state index is 14.0. The van der Waals surface area contributed by atoms with Crippen LogP contribution in [0.5, 0.6) is 0 Å². The summed E-state index contributed by atoms with van der Waals surface area (Å²) in [4.78, 5) is 24.0. The van der Waals surface area contributed by atoms with Crippen molar-refractivity contribution < 1.29 is 22.5 Å². The summed E-state index contributed by atoms with van der Waals surface area (Å²) in [7, 11) is -3.86. The van der Waals surface area contributed by atoms with E-state index in [9.17, 15) is 27.7 Å². The van der Waals surface area contributed by atoms with Crippen molar-refractivity contribution in [1.82, 2.24) is 9.62 Å². The van der Waals surface area contributed by atoms with E-state index >= 15 is 0 Å². The minimum Gasteiger partial charge on any atom is -0.338 e. The number of nitrogens with one attached hydrogen (secondary N) is 1. The standard InChI is InChI=1S/C18H17ClFN3O5S/c19-15-2-1-3-16(20)17(15)18(24)22-10-8-12(9-11-22)21-29(27,28)14-6-4-13(5-7-14)23(25)26/h1-7,12,21H,8-11H2. The fraction of sp³-hybridized carbons (Fsp3) is 0.278. The van der Waals surface area contributed by atoms with E-state index < -0.39 is 32.7 Å². The Bertz CT molecular complexity index is 1020. The molecule has 29 heavy (non-hydrogen) atoms. The Balaban J connectivity index is 1.63. The Morgan fingerprint density at radius 3 is 2.34 bits per heavy atom. The first-order chi connectivity index (χ1) is 13.7. The van der Waals surface area contributed by atoms with Gasteiger partial charge in [-0.05, 0) is 37.1 Å². The average Bonchev–Trinajstić information content (AvgIpc) is 2.68. The molecule has 0 bridgehead atoms. The molecule has 11 heteroatoms. The number of sulfonamides is 1. The van der Waals surface area contributed by atoms with E-state index in [1.165, 1.54) is 29.2 Å². The molecule has 1 amide bonds. The van der Waals surface area contributed by atoms with Crippen molar-refractivity contribution in [1.29, 1.82) is 0 Å². The Morgan fingerprint density at radius 1 is 1.17 bits per heavy atom. The number of carbonyl (C=O) groups excluding carboxylic acids is 1. The highest BCUT2D eigenvalue weighted by molar-refractivity contribution is 7.89. The summed E-state index contributed by atoms with van der Waals surface area (Å²) in [5, 5.41) is 10.7. The number of piperidine rings is 1. The highest BCUT2D eigenvalue weighted by Crippen LogP contribution is 2.23. The Labute approximate surface area is 171 Å². The summed E-state index contributed by atoms with van der Waals surface area (Å²) in [5.74, 6) is -1.24. The van der Waals surface area contributed by atoms with Gasteiger partial charge in [-0.15, -0.1) is 0 Å². The predicted octanol–water partition coefficient (Wildman–Crippen LogP) is 2.97. The molecule has 2 aromatic carbocycles. The second kappa shape index (κ2) is 8.44. The molecule has 8 nitrogen and oxygen atoms in total. The smallest absolute Gasteiger partial charge is 0.269 e. The second-order valence-electron chi connectivity index (χ2n) is 6.54. The third-order valence-corrected chi connectivity index (χ3v) is 6.49. The minimum absolute atomic E-state index is 0.0241. The molecule has 2 aromatic rings. The number of hydrogen-bond donors (Lipinski definition) is 1. The van der Waals surface area contributed by atoms with Crippen LogP contribution < -0.4 is 4.72 Å². The van der Waals surface area contributed by atoms with Crippen LogP contribution in [0, 0.1) is 15.9 Å². The molecule has 0 saturated carbocycles. The fourth-order valence-electron chi connectivity index (χ4n) is 3.10. The molecular formula is C18H17ClFN3O5S. The molecule has 1 saturated heterocycles. The van der Waals surface area contributed by atoms with Crippen LogP contribution in [-0.4, -0.2) is 43.3 Å². The van der Waals surface area contributed by atoms with Gasteiger partial charge in [0.2, 0.25) is 10.0 Å². The number of rotatable bonds is 5. The summed E-state index contributed by atoms with van der Waals surface area (Å²) in [6.07, 6.45) is 0.675. The third kappa shape index (κ3) is 4.72. The Kier molecular flexibility index (Phi) is 6.15. The van der Waals surface area contributed by atoms with Crippen LogP contribution in [0.3, 0.4) is 0 Å². The van der Waals surface area contributed by atoms with Gasteiger partial charge in [0, 0.05) is 31.3 Å². The maximum absolute atomic E-state index is 14.0. The van der Waals surface area contributed by atoms with Gasteiger partial charge in [0.1, 0.15) is 5.82 Å². The lowest BCUT2D eigenvalue weighted by atomic mass is 10.0. The largest absolute Gasteiger partial charge is 0.338 e. The quantitative estimate of drug-likeness (QED) is 0.566. The molecule has 3 rings (SSSR count). The van der Waals surface area contributed by atoms with Crippen molar-refractivity contribution >= 4 is 33.2 Å². The molecule has 1 aliphatic heterocycles. The van der Waals surface area contributed by atoms with E-state index in [2.05, 4.69) is 4.72 Å². The number of nitrogens with zero attached hydrogens (tertiary/aromatic N) is 2. The molecule has 0 spiro atoms. The summed E-state index contributed by atoms with van der Waals surface area (Å²) in [6.45, 7) is 0.466. The maximum Gasteiger partial charge on any atom is 0.269 e. The number of nitro benzene ring substituents is 1. The van der Waals surface area contributed by atoms with Crippen molar-refractivity contribution in [2.24, 2.45) is 0 Å². The third-order valence-electron chi connectivity index (χ3n) is 4.64. The van der Waals surface area contributed by atoms with Crippen molar-refractivity contribution in [3.63, 3.8) is 0 Å². The molecule has 0 aliphatic carbocycles. The molecular weight excluding hydrogens is 425 g/mol. The topological polar surface area (TPSA) is 110 Å². The minimum atomic E-state index is -3.86. The lowest BCUT2D eigenvalue weighted by Crippen LogP contribution is -2.46. The summed E-state index contributed by atoms with van der Waals surface area (Å²) in [6, 6.07) is 8.15. The van der Waals surface area contributed by atoms with Crippen LogP contribution in [0.1, 0.15) is 23.2 Å². The van der Waals surface area contributed by atoms with Gasteiger partial charge in [-0.3, -0.25) is 14.9 Å². The number of non-ortho nitro benzene ring substituents is 1. The number of hydrogen-bond acceptors (Lipinski definition) is 5. The first-order valence-corrected chi connectivity index (χ1v) is 10.6. The first kappa shape index (κ1) is 21.2. The van der Waals surface area contributed by atoms with Crippen molar-refractivity contribution in [2.75, 3.05) is 13.1 Å². The van der Waals surface area contributed by atoms with Gasteiger partial charge in [-0.1, -0.05) is 17.7 Å². The lowest BCUT2D eigenvalue weighted by molar-refractivity contribution is -0.384. The van der Waals surface area contributed by atoms with Crippen LogP contribution >= 0.6 is 11.6 Å². The van der Waals surface area contributed by atoms with Gasteiger partial charge in [0.25, 0.3) is 11.6 Å². The number of likely N-dealkylation sites (tertiary alicyclic amines) is 1. The highest BCUT2D eigenvalue weighted by Gasteiger charge is 2.29. The van der Waals surface area contributed by atoms with E-state index in [-0.39, 0.29) is 34.3 Å². The lowest BCUT2D eigenvalue weighted by Gasteiger charge is -2.32. The fourth-order valence-corrected chi connectivity index (χ4v) is 4.64. The Hall–Kier alpha value is -2.56. The van der Waals surface area contributed by atoms with Crippen molar-refractivity contribution in [3.8, 4) is 0 Å². The van der Waals surface area contributed by atoms with Gasteiger partial charge in [0.05, 0.1) is 20.4 Å². The molecule has 0 unspecified atom stereocenters. The zero-order valence-corrected chi connectivity index (χ0v) is 16.6. The second-order valence-corrected chi connectivity index (χ2v) is 8.66. The predicted molar refractivity (Wildman–Crippen MR) is 104 cm³/mol. The number of halogens is 2. The van der Waals surface area contributed by atoms with Crippen LogP contribution in [0.25, 0.3) is 0 Å². The SMILES string of the molecule is O=C(c1c(F)cccc1Cl)N1CCC(NS(=O)(=O)c2ccc([N+](=O)[O-])cc2)CC1. The molecule has 154 valence electrons. The van der Waals surface area contributed by atoms with E-state index in [0.717, 1.165) is 18.2 Å². The highest BCUT2D eigenvalue weighted by atomic mass is 35.5. The van der Waals surface area contributed by atoms with Gasteiger partial charge in [-0.25, -0.2) is 17.5 Å². The van der Waals surface area contributed by atoms with Crippen LogP contribution in [0.15, 0.2) is 47.4 Å². The summed E-state index contributed by atoms with van der Waals surface area (Å²) < 4.78 is 41.5. The molecule has 1 N–H and O–H groups in total. The zero-order chi connectivity index (χ0) is 21.2. The average molecular weight is 442 g/mol. The molecule has 1 heterocycles. The molecule has 1 fully saturated rings. The van der Waals surface area contributed by atoms with E-state index in [1.54, 1.807) is 0 Å². The molecule has 1 aliphatic rings. The number of nitro groups is 1. The Morgan fingerprint density at radius 2 is 1.79 bits per heavy atom. The van der Waals surface area contributed by atoms with Gasteiger partial charge >= 0.3 is 0 Å². The normalized spacial score (nSPS) is 15.3. The summed E-state index contributed by atoms with van der Waals surface area (Å²) >= 11 is 5.94. The van der Waals surface area contributed by atoms with E-state index in [0.29, 0.717) is 12.8 Å². The zero-order valence-electron chi connectivity index (χ0n) is 15.0. The molecule has 0 aromatic heterocycles. The first-order valence-electron chi connectivity index (χ1n) is 8.69. The van der Waals surface area contributed by atoms with Gasteiger partial charge in [0.15, 0.2) is 0 Å². The van der Waals surface area contributed by atoms with E-state index in [1.807, 2.05) is 0 Å². The van der Waals surface area contributed by atoms with E-state index in [4.69, 9.17) is 11.6 Å². The van der Waals surface area contributed by atoms with Crippen LogP contribution in [0.2, 0.25) is 5.02 Å². The van der Waals surface area contributed by atoms with Crippen LogP contribution in [0.4, 0.5) is 10.1 Å². The summed E-state index contributed by atoms with van der Waals surface area (Å²) in [5.41, 5.74) is -0.401. The number of carbonyl (C=O) groups is 1. The molecule has 0 radical (unpaired) electrons.